The van der Waals surface area contributed by atoms with Crippen molar-refractivity contribution in [2.24, 2.45) is 0 Å². The number of thiazole rings is 1. The van der Waals surface area contributed by atoms with Crippen LogP contribution < -0.4 is 5.32 Å². The van der Waals surface area contributed by atoms with Crippen LogP contribution in [0.3, 0.4) is 0 Å². The van der Waals surface area contributed by atoms with Crippen LogP contribution >= 0.6 is 11.3 Å². The van der Waals surface area contributed by atoms with E-state index in [1.165, 1.54) is 11.3 Å². The number of aromatic nitrogens is 1. The predicted octanol–water partition coefficient (Wildman–Crippen LogP) is 6.59. The number of nitrogens with one attached hydrogen (secondary N) is 1. The summed E-state index contributed by atoms with van der Waals surface area (Å²) < 4.78 is 1.06. The smallest absolute Gasteiger partial charge is 0.255 e. The lowest BCUT2D eigenvalue weighted by Gasteiger charge is -2.08. The number of amides is 1. The highest BCUT2D eigenvalue weighted by Crippen LogP contribution is 2.36. The lowest BCUT2D eigenvalue weighted by Crippen LogP contribution is -2.11. The number of anilines is 1. The number of rotatable bonds is 4. The first-order valence-corrected chi connectivity index (χ1v) is 10.6. The fourth-order valence-electron chi connectivity index (χ4n) is 3.43. The SMILES string of the molecule is O=C(Nc1ccc(-c2nc3ccccc3s2)c(O)c1)c1ccc(-c2ccccc2)cc1. The van der Waals surface area contributed by atoms with Gasteiger partial charge >= 0.3 is 0 Å². The maximum Gasteiger partial charge on any atom is 0.255 e. The van der Waals surface area contributed by atoms with E-state index < -0.39 is 0 Å². The molecule has 0 radical (unpaired) electrons. The van der Waals surface area contributed by atoms with E-state index in [0.717, 1.165) is 26.4 Å². The lowest BCUT2D eigenvalue weighted by atomic mass is 10.0. The summed E-state index contributed by atoms with van der Waals surface area (Å²) in [5, 5.41) is 14.1. The van der Waals surface area contributed by atoms with E-state index in [4.69, 9.17) is 0 Å². The summed E-state index contributed by atoms with van der Waals surface area (Å²) >= 11 is 1.52. The second-order valence-electron chi connectivity index (χ2n) is 7.12. The summed E-state index contributed by atoms with van der Waals surface area (Å²) in [6, 6.07) is 30.4. The van der Waals surface area contributed by atoms with Crippen molar-refractivity contribution in [1.29, 1.82) is 0 Å². The molecule has 150 valence electrons. The molecule has 2 N–H and O–H groups in total. The molecule has 31 heavy (non-hydrogen) atoms. The summed E-state index contributed by atoms with van der Waals surface area (Å²) in [5.74, 6) is -0.150. The number of aromatic hydroxyl groups is 1. The maximum atomic E-state index is 12.6. The molecule has 0 saturated heterocycles. The summed E-state index contributed by atoms with van der Waals surface area (Å²) in [6.07, 6.45) is 0. The van der Waals surface area contributed by atoms with Crippen LogP contribution in [0.2, 0.25) is 0 Å². The molecule has 0 aliphatic rings. The third kappa shape index (κ3) is 3.91. The van der Waals surface area contributed by atoms with Gasteiger partial charge in [-0.15, -0.1) is 11.3 Å². The quantitative estimate of drug-likeness (QED) is 0.343. The summed E-state index contributed by atoms with van der Waals surface area (Å²) in [7, 11) is 0. The van der Waals surface area contributed by atoms with Crippen molar-refractivity contribution < 1.29 is 9.90 Å². The number of nitrogens with zero attached hydrogens (tertiary/aromatic N) is 1. The highest BCUT2D eigenvalue weighted by Gasteiger charge is 2.13. The molecule has 0 aliphatic carbocycles. The molecule has 1 heterocycles. The molecule has 0 aliphatic heterocycles. The number of phenolic OH excluding ortho intramolecular Hbond substituents is 1. The summed E-state index contributed by atoms with van der Waals surface area (Å²) in [4.78, 5) is 17.2. The zero-order valence-electron chi connectivity index (χ0n) is 16.4. The Kier molecular flexibility index (Phi) is 4.94. The van der Waals surface area contributed by atoms with Crippen molar-refractivity contribution in [3.05, 3.63) is 103 Å². The highest BCUT2D eigenvalue weighted by molar-refractivity contribution is 7.21. The molecule has 5 aromatic rings. The van der Waals surface area contributed by atoms with E-state index in [9.17, 15) is 9.90 Å². The molecule has 0 fully saturated rings. The molecular weight excluding hydrogens is 404 g/mol. The van der Waals surface area contributed by atoms with Gasteiger partial charge in [-0.2, -0.15) is 0 Å². The first-order valence-electron chi connectivity index (χ1n) is 9.83. The zero-order valence-corrected chi connectivity index (χ0v) is 17.3. The third-order valence-electron chi connectivity index (χ3n) is 5.03. The van der Waals surface area contributed by atoms with E-state index in [-0.39, 0.29) is 11.7 Å². The van der Waals surface area contributed by atoms with Crippen LogP contribution in [0.25, 0.3) is 31.9 Å². The zero-order chi connectivity index (χ0) is 21.2. The molecule has 0 bridgehead atoms. The van der Waals surface area contributed by atoms with Crippen LogP contribution in [0.5, 0.6) is 5.75 Å². The largest absolute Gasteiger partial charge is 0.507 e. The fraction of sp³-hybridized carbons (Fsp3) is 0. The maximum absolute atomic E-state index is 12.6. The standard InChI is InChI=1S/C26H18N2O2S/c29-23-16-20(14-15-21(23)26-28-22-8-4-5-9-24(22)31-26)27-25(30)19-12-10-18(11-13-19)17-6-2-1-3-7-17/h1-16,29H,(H,27,30). The monoisotopic (exact) mass is 422 g/mol. The van der Waals surface area contributed by atoms with E-state index >= 15 is 0 Å². The number of para-hydroxylation sites is 1. The average molecular weight is 423 g/mol. The molecule has 5 heteroatoms. The fourth-order valence-corrected chi connectivity index (χ4v) is 4.43. The topological polar surface area (TPSA) is 62.2 Å². The van der Waals surface area contributed by atoms with Gasteiger partial charge in [0.05, 0.1) is 15.8 Å². The van der Waals surface area contributed by atoms with Gasteiger partial charge in [0.2, 0.25) is 0 Å². The Hall–Kier alpha value is -3.96. The number of carbonyl (C=O) groups excluding carboxylic acids is 1. The van der Waals surface area contributed by atoms with Gasteiger partial charge in [0.15, 0.2) is 0 Å². The van der Waals surface area contributed by atoms with E-state index in [2.05, 4.69) is 10.3 Å². The average Bonchev–Trinajstić information content (AvgIpc) is 3.24. The molecule has 5 rings (SSSR count). The Balaban J connectivity index is 1.34. The van der Waals surface area contributed by atoms with Crippen LogP contribution in [0.15, 0.2) is 97.1 Å². The van der Waals surface area contributed by atoms with E-state index in [1.807, 2.05) is 66.7 Å². The Morgan fingerprint density at radius 2 is 1.52 bits per heavy atom. The number of carbonyl (C=O) groups is 1. The Morgan fingerprint density at radius 3 is 2.26 bits per heavy atom. The second kappa shape index (κ2) is 8.05. The van der Waals surface area contributed by atoms with Crippen LogP contribution in [0, 0.1) is 0 Å². The first-order chi connectivity index (χ1) is 15.2. The Morgan fingerprint density at radius 1 is 0.806 bits per heavy atom. The van der Waals surface area contributed by atoms with Gasteiger partial charge in [0.1, 0.15) is 10.8 Å². The minimum atomic E-state index is -0.230. The molecule has 4 nitrogen and oxygen atoms in total. The van der Waals surface area contributed by atoms with Gasteiger partial charge in [-0.05, 0) is 47.5 Å². The molecule has 1 aromatic heterocycles. The van der Waals surface area contributed by atoms with Crippen LogP contribution in [-0.4, -0.2) is 16.0 Å². The molecule has 0 atom stereocenters. The highest BCUT2D eigenvalue weighted by atomic mass is 32.1. The van der Waals surface area contributed by atoms with Gasteiger partial charge in [0, 0.05) is 17.3 Å². The van der Waals surface area contributed by atoms with Gasteiger partial charge in [0.25, 0.3) is 5.91 Å². The van der Waals surface area contributed by atoms with E-state index in [1.54, 1.807) is 30.3 Å². The first kappa shape index (κ1) is 19.0. The van der Waals surface area contributed by atoms with Gasteiger partial charge in [-0.1, -0.05) is 54.6 Å². The van der Waals surface area contributed by atoms with Gasteiger partial charge < -0.3 is 10.4 Å². The Bertz CT molecular complexity index is 1340. The van der Waals surface area contributed by atoms with Crippen molar-refractivity contribution in [2.75, 3.05) is 5.32 Å². The summed E-state index contributed by atoms with van der Waals surface area (Å²) in [6.45, 7) is 0. The molecular formula is C26H18N2O2S. The lowest BCUT2D eigenvalue weighted by molar-refractivity contribution is 0.102. The van der Waals surface area contributed by atoms with Crippen molar-refractivity contribution in [3.8, 4) is 27.4 Å². The van der Waals surface area contributed by atoms with Crippen molar-refractivity contribution in [3.63, 3.8) is 0 Å². The van der Waals surface area contributed by atoms with Crippen molar-refractivity contribution in [1.82, 2.24) is 4.98 Å². The molecule has 0 unspecified atom stereocenters. The summed E-state index contributed by atoms with van der Waals surface area (Å²) in [5.41, 5.74) is 4.78. The van der Waals surface area contributed by atoms with Gasteiger partial charge in [-0.3, -0.25) is 4.79 Å². The molecule has 0 saturated carbocycles. The van der Waals surface area contributed by atoms with Crippen LogP contribution in [-0.2, 0) is 0 Å². The Labute approximate surface area is 183 Å². The van der Waals surface area contributed by atoms with Gasteiger partial charge in [-0.25, -0.2) is 4.98 Å². The third-order valence-corrected chi connectivity index (χ3v) is 6.10. The number of hydrogen-bond donors (Lipinski definition) is 2. The van der Waals surface area contributed by atoms with Crippen LogP contribution in [0.1, 0.15) is 10.4 Å². The van der Waals surface area contributed by atoms with Crippen molar-refractivity contribution >= 4 is 33.1 Å². The number of fused-ring (bicyclic) bond motifs is 1. The predicted molar refractivity (Wildman–Crippen MR) is 127 cm³/mol. The minimum Gasteiger partial charge on any atom is -0.507 e. The molecule has 0 spiro atoms. The number of hydrogen-bond acceptors (Lipinski definition) is 4. The second-order valence-corrected chi connectivity index (χ2v) is 8.15. The number of phenols is 1. The van der Waals surface area contributed by atoms with Crippen molar-refractivity contribution in [2.45, 2.75) is 0 Å². The normalized spacial score (nSPS) is 10.8. The molecule has 1 amide bonds. The minimum absolute atomic E-state index is 0.0799. The molecule has 4 aromatic carbocycles. The number of benzene rings is 4. The van der Waals surface area contributed by atoms with E-state index in [0.29, 0.717) is 16.8 Å². The van der Waals surface area contributed by atoms with Crippen LogP contribution in [0.4, 0.5) is 5.69 Å².